The zero-order valence-electron chi connectivity index (χ0n) is 11.0. The van der Waals surface area contributed by atoms with Gasteiger partial charge in [-0.2, -0.15) is 4.98 Å². The van der Waals surface area contributed by atoms with Crippen LogP contribution >= 0.6 is 0 Å². The second kappa shape index (κ2) is 8.19. The van der Waals surface area contributed by atoms with Crippen LogP contribution < -0.4 is 27.8 Å². The van der Waals surface area contributed by atoms with Crippen molar-refractivity contribution >= 4 is 17.5 Å². The Morgan fingerprint density at radius 1 is 1.20 bits per heavy atom. The molecule has 108 valence electrons. The number of hydrogen-bond acceptors (Lipinski definition) is 6. The molecule has 1 aromatic carbocycles. The number of aliphatic hydroxyl groups is 1. The molecule has 3 N–H and O–H groups in total. The van der Waals surface area contributed by atoms with Crippen molar-refractivity contribution in [2.75, 3.05) is 30.9 Å². The number of ether oxygens (including phenoxy) is 1. The normalized spacial score (nSPS) is 9.50. The number of nitrogens with one attached hydrogen (secondary N) is 2. The number of benzene rings is 1. The first-order valence-corrected chi connectivity index (χ1v) is 5.90. The molecule has 0 fully saturated rings. The van der Waals surface area contributed by atoms with E-state index in [0.717, 1.165) is 11.4 Å². The molecule has 2 aromatic rings. The predicted octanol–water partition coefficient (Wildman–Crippen LogP) is -1.36. The van der Waals surface area contributed by atoms with E-state index >= 15 is 0 Å². The van der Waals surface area contributed by atoms with Crippen molar-refractivity contribution in [1.82, 2.24) is 9.97 Å². The molecule has 1 aromatic heterocycles. The number of methoxy groups -OCH3 is 1. The van der Waals surface area contributed by atoms with Gasteiger partial charge >= 0.3 is 0 Å². The molecule has 0 aliphatic carbocycles. The molecule has 0 bridgehead atoms. The smallest absolute Gasteiger partial charge is 0.229 e. The van der Waals surface area contributed by atoms with E-state index in [2.05, 4.69) is 20.6 Å². The first-order valence-electron chi connectivity index (χ1n) is 5.90. The van der Waals surface area contributed by atoms with Crippen molar-refractivity contribution in [3.63, 3.8) is 0 Å². The molecule has 20 heavy (non-hydrogen) atoms. The minimum Gasteiger partial charge on any atom is -1.00 e. The molecule has 0 amide bonds. The summed E-state index contributed by atoms with van der Waals surface area (Å²) >= 11 is 0. The molecule has 2 rings (SSSR count). The zero-order chi connectivity index (χ0) is 13.5. The van der Waals surface area contributed by atoms with E-state index < -0.39 is 0 Å². The monoisotopic (exact) mass is 295 g/mol. The van der Waals surface area contributed by atoms with Crippen molar-refractivity contribution in [2.45, 2.75) is 0 Å². The maximum absolute atomic E-state index is 8.75. The van der Waals surface area contributed by atoms with E-state index in [-0.39, 0.29) is 19.0 Å². The van der Waals surface area contributed by atoms with Gasteiger partial charge in [0.15, 0.2) is 0 Å². The largest absolute Gasteiger partial charge is 1.00 e. The molecule has 0 saturated carbocycles. The number of nitrogens with zero attached hydrogens (tertiary/aromatic N) is 2. The summed E-state index contributed by atoms with van der Waals surface area (Å²) in [4.78, 5) is 8.40. The maximum atomic E-state index is 8.75. The van der Waals surface area contributed by atoms with Crippen LogP contribution in [-0.4, -0.2) is 35.3 Å². The highest BCUT2D eigenvalue weighted by Gasteiger charge is 2.00. The lowest BCUT2D eigenvalue weighted by Crippen LogP contribution is -3.00. The van der Waals surface area contributed by atoms with Crippen molar-refractivity contribution < 1.29 is 22.3 Å². The Kier molecular flexibility index (Phi) is 6.55. The first-order chi connectivity index (χ1) is 9.31. The third-order valence-electron chi connectivity index (χ3n) is 2.42. The molecule has 6 nitrogen and oxygen atoms in total. The van der Waals surface area contributed by atoms with Gasteiger partial charge in [0.2, 0.25) is 5.95 Å². The number of aliphatic hydroxyl groups excluding tert-OH is 1. The van der Waals surface area contributed by atoms with Gasteiger partial charge in [0.25, 0.3) is 0 Å². The summed E-state index contributed by atoms with van der Waals surface area (Å²) in [5, 5.41) is 14.8. The first kappa shape index (κ1) is 16.0. The summed E-state index contributed by atoms with van der Waals surface area (Å²) < 4.78 is 5.09. The predicted molar refractivity (Wildman–Crippen MR) is 73.9 cm³/mol. The Morgan fingerprint density at radius 3 is 2.60 bits per heavy atom. The van der Waals surface area contributed by atoms with Crippen molar-refractivity contribution in [3.05, 3.63) is 36.5 Å². The highest BCUT2D eigenvalue weighted by Crippen LogP contribution is 2.18. The molecule has 0 saturated heterocycles. The summed E-state index contributed by atoms with van der Waals surface area (Å²) in [5.41, 5.74) is 0.875. The molecule has 0 atom stereocenters. The molecular formula is C13H16ClN4O2-. The molecular weight excluding hydrogens is 280 g/mol. The molecule has 7 heteroatoms. The van der Waals surface area contributed by atoms with Crippen LogP contribution in [0.5, 0.6) is 5.75 Å². The van der Waals surface area contributed by atoms with Gasteiger partial charge in [-0.25, -0.2) is 4.98 Å². The summed E-state index contributed by atoms with van der Waals surface area (Å²) in [6, 6.07) is 9.23. The van der Waals surface area contributed by atoms with Crippen LogP contribution in [0.4, 0.5) is 17.5 Å². The van der Waals surface area contributed by atoms with Gasteiger partial charge < -0.3 is 32.9 Å². The standard InChI is InChI=1S/C13H16N4O2.ClH/c1-19-11-4-2-10(3-5-11)16-13-15-7-6-12(17-13)14-8-9-18;/h2-7,18H,8-9H2,1H3,(H2,14,15,16,17);1H/p-1. The van der Waals surface area contributed by atoms with Gasteiger partial charge in [-0.1, -0.05) is 0 Å². The van der Waals surface area contributed by atoms with Crippen LogP contribution in [0.3, 0.4) is 0 Å². The van der Waals surface area contributed by atoms with Crippen LogP contribution in [0.15, 0.2) is 36.5 Å². The van der Waals surface area contributed by atoms with Gasteiger partial charge in [0.1, 0.15) is 11.6 Å². The molecule has 0 unspecified atom stereocenters. The van der Waals surface area contributed by atoms with E-state index in [4.69, 9.17) is 9.84 Å². The summed E-state index contributed by atoms with van der Waals surface area (Å²) in [6.45, 7) is 0.518. The van der Waals surface area contributed by atoms with Gasteiger partial charge in [0, 0.05) is 18.4 Å². The van der Waals surface area contributed by atoms with E-state index in [0.29, 0.717) is 18.3 Å². The molecule has 1 heterocycles. The fraction of sp³-hybridized carbons (Fsp3) is 0.231. The second-order valence-electron chi connectivity index (χ2n) is 3.77. The van der Waals surface area contributed by atoms with Gasteiger partial charge in [0.05, 0.1) is 13.7 Å². The number of anilines is 3. The number of halogens is 1. The fourth-order valence-corrected chi connectivity index (χ4v) is 1.50. The zero-order valence-corrected chi connectivity index (χ0v) is 11.8. The lowest BCUT2D eigenvalue weighted by Gasteiger charge is -2.08. The average molecular weight is 296 g/mol. The van der Waals surface area contributed by atoms with E-state index in [1.807, 2.05) is 24.3 Å². The lowest BCUT2D eigenvalue weighted by atomic mass is 10.3. The molecule has 0 aliphatic heterocycles. The van der Waals surface area contributed by atoms with Crippen LogP contribution in [0.1, 0.15) is 0 Å². The number of aromatic nitrogens is 2. The van der Waals surface area contributed by atoms with Crippen LogP contribution in [0, 0.1) is 0 Å². The van der Waals surface area contributed by atoms with Gasteiger partial charge in [-0.3, -0.25) is 0 Å². The van der Waals surface area contributed by atoms with Gasteiger partial charge in [-0.05, 0) is 30.3 Å². The molecule has 0 spiro atoms. The quantitative estimate of drug-likeness (QED) is 0.611. The Hall–Kier alpha value is -2.05. The molecule has 0 aliphatic rings. The Morgan fingerprint density at radius 2 is 1.95 bits per heavy atom. The Balaban J connectivity index is 0.00000200. The minimum atomic E-state index is 0. The average Bonchev–Trinajstić information content (AvgIpc) is 2.46. The maximum Gasteiger partial charge on any atom is 0.229 e. The van der Waals surface area contributed by atoms with E-state index in [1.165, 1.54) is 0 Å². The Labute approximate surface area is 123 Å². The Bertz CT molecular complexity index is 522. The summed E-state index contributed by atoms with van der Waals surface area (Å²) in [6.07, 6.45) is 1.65. The van der Waals surface area contributed by atoms with Crippen molar-refractivity contribution in [1.29, 1.82) is 0 Å². The third-order valence-corrected chi connectivity index (χ3v) is 2.42. The number of hydrogen-bond donors (Lipinski definition) is 3. The molecule has 0 radical (unpaired) electrons. The van der Waals surface area contributed by atoms with Crippen LogP contribution in [0.25, 0.3) is 0 Å². The van der Waals surface area contributed by atoms with E-state index in [9.17, 15) is 0 Å². The van der Waals surface area contributed by atoms with E-state index in [1.54, 1.807) is 19.4 Å². The SMILES string of the molecule is COc1ccc(Nc2nccc(NCCO)n2)cc1.[Cl-]. The van der Waals surface area contributed by atoms with Crippen molar-refractivity contribution in [3.8, 4) is 5.75 Å². The fourth-order valence-electron chi connectivity index (χ4n) is 1.50. The third kappa shape index (κ3) is 4.56. The van der Waals surface area contributed by atoms with Gasteiger partial charge in [-0.15, -0.1) is 0 Å². The summed E-state index contributed by atoms with van der Waals surface area (Å²) in [7, 11) is 1.63. The highest BCUT2D eigenvalue weighted by atomic mass is 35.5. The number of rotatable bonds is 6. The van der Waals surface area contributed by atoms with Crippen LogP contribution in [0.2, 0.25) is 0 Å². The second-order valence-corrected chi connectivity index (χ2v) is 3.77. The topological polar surface area (TPSA) is 79.3 Å². The minimum absolute atomic E-state index is 0. The summed E-state index contributed by atoms with van der Waals surface area (Å²) in [5.74, 6) is 1.96. The van der Waals surface area contributed by atoms with Crippen molar-refractivity contribution in [2.24, 2.45) is 0 Å². The highest BCUT2D eigenvalue weighted by molar-refractivity contribution is 5.55. The lowest BCUT2D eigenvalue weighted by molar-refractivity contribution is -0.00000538. The van der Waals surface area contributed by atoms with Crippen LogP contribution in [-0.2, 0) is 0 Å².